The van der Waals surface area contributed by atoms with Crippen molar-refractivity contribution in [2.45, 2.75) is 24.8 Å². The number of carbonyl (C=O) groups is 2. The standard InChI is InChI=1S/C17H19N3O3S2/c1-3-24-9-14-8-15(22)20-17(19-14)25-10-16(23)18-13-6-4-5-12(7-13)11(2)21/h4-8H,3,9-10H2,1-2H3,(H,18,23)(H,19,20,22). The Kier molecular flexibility index (Phi) is 7.27. The number of anilines is 1. The molecule has 2 rings (SSSR count). The van der Waals surface area contributed by atoms with Crippen molar-refractivity contribution in [3.05, 3.63) is 51.9 Å². The summed E-state index contributed by atoms with van der Waals surface area (Å²) in [5.74, 6) is 1.42. The molecule has 0 unspecified atom stereocenters. The maximum absolute atomic E-state index is 12.1. The van der Waals surface area contributed by atoms with Crippen molar-refractivity contribution in [2.24, 2.45) is 0 Å². The Bertz CT molecular complexity index is 821. The third-order valence-corrected chi connectivity index (χ3v) is 4.90. The first-order valence-electron chi connectivity index (χ1n) is 7.69. The highest BCUT2D eigenvalue weighted by atomic mass is 32.2. The van der Waals surface area contributed by atoms with E-state index in [1.54, 1.807) is 36.0 Å². The molecular formula is C17H19N3O3S2. The van der Waals surface area contributed by atoms with Crippen molar-refractivity contribution in [2.75, 3.05) is 16.8 Å². The van der Waals surface area contributed by atoms with Gasteiger partial charge in [-0.25, -0.2) is 4.98 Å². The molecule has 0 fully saturated rings. The molecule has 1 aromatic heterocycles. The first kappa shape index (κ1) is 19.3. The Morgan fingerprint density at radius 3 is 2.80 bits per heavy atom. The van der Waals surface area contributed by atoms with Crippen LogP contribution in [0.25, 0.3) is 0 Å². The van der Waals surface area contributed by atoms with Gasteiger partial charge in [0, 0.05) is 23.1 Å². The van der Waals surface area contributed by atoms with Crippen LogP contribution in [0.1, 0.15) is 29.9 Å². The minimum Gasteiger partial charge on any atom is -0.325 e. The Hall–Kier alpha value is -2.06. The predicted molar refractivity (Wildman–Crippen MR) is 102 cm³/mol. The van der Waals surface area contributed by atoms with Gasteiger partial charge in [0.1, 0.15) is 0 Å². The molecule has 0 radical (unpaired) electrons. The third-order valence-electron chi connectivity index (χ3n) is 3.12. The average molecular weight is 377 g/mol. The van der Waals surface area contributed by atoms with E-state index < -0.39 is 0 Å². The van der Waals surface area contributed by atoms with Gasteiger partial charge >= 0.3 is 0 Å². The molecule has 0 saturated carbocycles. The van der Waals surface area contributed by atoms with Crippen LogP contribution in [0.2, 0.25) is 0 Å². The van der Waals surface area contributed by atoms with Crippen molar-refractivity contribution in [3.8, 4) is 0 Å². The Labute approximate surface area is 154 Å². The molecule has 0 bridgehead atoms. The number of hydrogen-bond donors (Lipinski definition) is 2. The van der Waals surface area contributed by atoms with Gasteiger partial charge in [-0.05, 0) is 24.8 Å². The molecule has 0 aliphatic heterocycles. The Morgan fingerprint density at radius 1 is 1.28 bits per heavy atom. The van der Waals surface area contributed by atoms with E-state index in [1.807, 2.05) is 6.92 Å². The molecule has 1 amide bonds. The number of nitrogens with zero attached hydrogens (tertiary/aromatic N) is 1. The second-order valence-corrected chi connectivity index (χ2v) is 7.39. The molecule has 6 nitrogen and oxygen atoms in total. The molecule has 2 N–H and O–H groups in total. The number of aromatic nitrogens is 2. The number of nitrogens with one attached hydrogen (secondary N) is 2. The molecular weight excluding hydrogens is 358 g/mol. The normalized spacial score (nSPS) is 10.5. The SMILES string of the molecule is CCSCc1cc(=O)[nH]c(SCC(=O)Nc2cccc(C(C)=O)c2)n1. The molecule has 132 valence electrons. The van der Waals surface area contributed by atoms with Crippen molar-refractivity contribution >= 4 is 40.9 Å². The highest BCUT2D eigenvalue weighted by Crippen LogP contribution is 2.16. The molecule has 1 aromatic carbocycles. The van der Waals surface area contributed by atoms with E-state index in [0.29, 0.717) is 27.9 Å². The van der Waals surface area contributed by atoms with Crippen LogP contribution in [0.4, 0.5) is 5.69 Å². The maximum atomic E-state index is 12.1. The number of benzene rings is 1. The molecule has 8 heteroatoms. The van der Waals surface area contributed by atoms with Crippen LogP contribution in [0, 0.1) is 0 Å². The van der Waals surface area contributed by atoms with Crippen LogP contribution in [0.15, 0.2) is 40.3 Å². The second-order valence-electron chi connectivity index (χ2n) is 5.15. The van der Waals surface area contributed by atoms with Crippen LogP contribution >= 0.6 is 23.5 Å². The summed E-state index contributed by atoms with van der Waals surface area (Å²) in [5.41, 5.74) is 1.58. The van der Waals surface area contributed by atoms with Gasteiger partial charge in [0.25, 0.3) is 5.56 Å². The number of H-pyrrole nitrogens is 1. The van der Waals surface area contributed by atoms with Crippen LogP contribution in [0.3, 0.4) is 0 Å². The van der Waals surface area contributed by atoms with Gasteiger partial charge in [0.15, 0.2) is 10.9 Å². The number of carbonyl (C=O) groups excluding carboxylic acids is 2. The van der Waals surface area contributed by atoms with Gasteiger partial charge in [-0.1, -0.05) is 30.8 Å². The van der Waals surface area contributed by atoms with Crippen LogP contribution in [-0.4, -0.2) is 33.2 Å². The summed E-state index contributed by atoms with van der Waals surface area (Å²) in [6, 6.07) is 8.24. The highest BCUT2D eigenvalue weighted by Gasteiger charge is 2.08. The fourth-order valence-corrected chi connectivity index (χ4v) is 3.24. The average Bonchev–Trinajstić information content (AvgIpc) is 2.58. The van der Waals surface area contributed by atoms with Gasteiger partial charge < -0.3 is 10.3 Å². The van der Waals surface area contributed by atoms with Crippen molar-refractivity contribution in [3.63, 3.8) is 0 Å². The first-order chi connectivity index (χ1) is 12.0. The third kappa shape index (κ3) is 6.39. The largest absolute Gasteiger partial charge is 0.325 e. The lowest BCUT2D eigenvalue weighted by molar-refractivity contribution is -0.113. The minimum atomic E-state index is -0.235. The van der Waals surface area contributed by atoms with Crippen LogP contribution in [-0.2, 0) is 10.5 Å². The lowest BCUT2D eigenvalue weighted by atomic mass is 10.1. The fraction of sp³-hybridized carbons (Fsp3) is 0.294. The molecule has 0 atom stereocenters. The maximum Gasteiger partial charge on any atom is 0.251 e. The number of thioether (sulfide) groups is 2. The van der Waals surface area contributed by atoms with Gasteiger partial charge in [-0.2, -0.15) is 11.8 Å². The monoisotopic (exact) mass is 377 g/mol. The Balaban J connectivity index is 1.95. The van der Waals surface area contributed by atoms with E-state index in [4.69, 9.17) is 0 Å². The van der Waals surface area contributed by atoms with Crippen molar-refractivity contribution in [1.29, 1.82) is 0 Å². The fourth-order valence-electron chi connectivity index (χ4n) is 1.98. The lowest BCUT2D eigenvalue weighted by Crippen LogP contribution is -2.16. The molecule has 0 spiro atoms. The number of Topliss-reactive ketones (excluding diaryl/α,β-unsaturated/α-hetero) is 1. The molecule has 0 saturated heterocycles. The lowest BCUT2D eigenvalue weighted by Gasteiger charge is -2.07. The molecule has 0 aliphatic carbocycles. The number of aromatic amines is 1. The number of ketones is 1. The zero-order valence-corrected chi connectivity index (χ0v) is 15.6. The quantitative estimate of drug-likeness (QED) is 0.417. The van der Waals surface area contributed by atoms with Gasteiger partial charge in [0.05, 0.1) is 11.4 Å². The summed E-state index contributed by atoms with van der Waals surface area (Å²) in [4.78, 5) is 42.1. The van der Waals surface area contributed by atoms with E-state index in [-0.39, 0.29) is 23.0 Å². The number of amides is 1. The summed E-state index contributed by atoms with van der Waals surface area (Å²) < 4.78 is 0. The second kappa shape index (κ2) is 9.43. The zero-order valence-electron chi connectivity index (χ0n) is 14.0. The van der Waals surface area contributed by atoms with Gasteiger partial charge in [-0.3, -0.25) is 14.4 Å². The van der Waals surface area contributed by atoms with Crippen molar-refractivity contribution < 1.29 is 9.59 Å². The summed E-state index contributed by atoms with van der Waals surface area (Å²) in [6.45, 7) is 3.52. The molecule has 0 aliphatic rings. The molecule has 2 aromatic rings. The van der Waals surface area contributed by atoms with Crippen LogP contribution in [0.5, 0.6) is 0 Å². The number of hydrogen-bond acceptors (Lipinski definition) is 6. The van der Waals surface area contributed by atoms with Gasteiger partial charge in [0.2, 0.25) is 5.91 Å². The summed E-state index contributed by atoms with van der Waals surface area (Å²) in [7, 11) is 0. The van der Waals surface area contributed by atoms with Crippen molar-refractivity contribution in [1.82, 2.24) is 9.97 Å². The van der Waals surface area contributed by atoms with E-state index in [1.165, 1.54) is 24.8 Å². The molecule has 1 heterocycles. The summed E-state index contributed by atoms with van der Waals surface area (Å²) >= 11 is 2.84. The molecule has 25 heavy (non-hydrogen) atoms. The van der Waals surface area contributed by atoms with E-state index in [9.17, 15) is 14.4 Å². The zero-order chi connectivity index (χ0) is 18.2. The van der Waals surface area contributed by atoms with E-state index in [0.717, 1.165) is 5.75 Å². The Morgan fingerprint density at radius 2 is 2.08 bits per heavy atom. The van der Waals surface area contributed by atoms with Crippen LogP contribution < -0.4 is 10.9 Å². The van der Waals surface area contributed by atoms with E-state index in [2.05, 4.69) is 15.3 Å². The summed E-state index contributed by atoms with van der Waals surface area (Å²) in [6.07, 6.45) is 0. The minimum absolute atomic E-state index is 0.0611. The first-order valence-corrected chi connectivity index (χ1v) is 9.83. The predicted octanol–water partition coefficient (Wildman–Crippen LogP) is 2.96. The number of rotatable bonds is 8. The smallest absolute Gasteiger partial charge is 0.251 e. The topological polar surface area (TPSA) is 91.9 Å². The van der Waals surface area contributed by atoms with E-state index >= 15 is 0 Å². The highest BCUT2D eigenvalue weighted by molar-refractivity contribution is 7.99. The summed E-state index contributed by atoms with van der Waals surface area (Å²) in [5, 5.41) is 3.16. The van der Waals surface area contributed by atoms with Gasteiger partial charge in [-0.15, -0.1) is 0 Å².